The van der Waals surface area contributed by atoms with Gasteiger partial charge in [0.25, 0.3) is 0 Å². The standard InChI is InChI=1S/C24H29N3O4/c1-30-21-10-7-18(14-22(21)31-2)23(28)19-4-3-12-26(16-19)15-17-5-8-20(9-6-17)27-13-11-25-24(27)29/h5-10,14,19H,3-4,11-13,15-16H2,1-2H3,(H,25,29)/t19-/m1/s1. The van der Waals surface area contributed by atoms with Gasteiger partial charge in [0.2, 0.25) is 0 Å². The fourth-order valence-electron chi connectivity index (χ4n) is 4.40. The molecular weight excluding hydrogens is 394 g/mol. The lowest BCUT2D eigenvalue weighted by molar-refractivity contribution is 0.0811. The number of hydrogen-bond acceptors (Lipinski definition) is 5. The summed E-state index contributed by atoms with van der Waals surface area (Å²) in [5, 5.41) is 2.82. The number of carbonyl (C=O) groups excluding carboxylic acids is 2. The molecule has 31 heavy (non-hydrogen) atoms. The molecule has 2 aromatic rings. The van der Waals surface area contributed by atoms with E-state index in [0.717, 1.165) is 38.2 Å². The molecule has 2 saturated heterocycles. The maximum absolute atomic E-state index is 13.1. The normalized spacial score (nSPS) is 19.2. The molecular formula is C24H29N3O4. The SMILES string of the molecule is COc1ccc(C(=O)[C@@H]2CCCN(Cc3ccc(N4CCNC4=O)cc3)C2)cc1OC. The van der Waals surface area contributed by atoms with Gasteiger partial charge < -0.3 is 14.8 Å². The molecule has 164 valence electrons. The summed E-state index contributed by atoms with van der Waals surface area (Å²) >= 11 is 0. The molecule has 0 saturated carbocycles. The van der Waals surface area contributed by atoms with Crippen molar-refractivity contribution in [2.45, 2.75) is 19.4 Å². The second-order valence-electron chi connectivity index (χ2n) is 8.06. The number of likely N-dealkylation sites (tertiary alicyclic amines) is 1. The number of ether oxygens (including phenoxy) is 2. The Labute approximate surface area is 182 Å². The minimum Gasteiger partial charge on any atom is -0.493 e. The van der Waals surface area contributed by atoms with Crippen molar-refractivity contribution in [3.05, 3.63) is 53.6 Å². The molecule has 0 spiro atoms. The molecule has 2 aromatic carbocycles. The number of anilines is 1. The molecule has 2 heterocycles. The Kier molecular flexibility index (Phi) is 6.42. The number of hydrogen-bond donors (Lipinski definition) is 1. The van der Waals surface area contributed by atoms with E-state index < -0.39 is 0 Å². The third kappa shape index (κ3) is 4.66. The van der Waals surface area contributed by atoms with Gasteiger partial charge in [0, 0.05) is 43.3 Å². The van der Waals surface area contributed by atoms with E-state index in [9.17, 15) is 9.59 Å². The number of benzene rings is 2. The van der Waals surface area contributed by atoms with Gasteiger partial charge in [-0.3, -0.25) is 14.6 Å². The third-order valence-corrected chi connectivity index (χ3v) is 6.06. The number of ketones is 1. The van der Waals surface area contributed by atoms with Gasteiger partial charge >= 0.3 is 6.03 Å². The number of Topliss-reactive ketones (excluding diaryl/α,β-unsaturated/α-hetero) is 1. The second-order valence-corrected chi connectivity index (χ2v) is 8.06. The third-order valence-electron chi connectivity index (χ3n) is 6.06. The molecule has 0 aliphatic carbocycles. The summed E-state index contributed by atoms with van der Waals surface area (Å²) in [5.74, 6) is 1.33. The molecule has 2 aliphatic heterocycles. The number of carbonyl (C=O) groups is 2. The second kappa shape index (κ2) is 9.39. The zero-order chi connectivity index (χ0) is 21.8. The van der Waals surface area contributed by atoms with E-state index >= 15 is 0 Å². The highest BCUT2D eigenvalue weighted by molar-refractivity contribution is 5.98. The van der Waals surface area contributed by atoms with Crippen LogP contribution < -0.4 is 19.7 Å². The van der Waals surface area contributed by atoms with Gasteiger partial charge in [-0.15, -0.1) is 0 Å². The zero-order valence-corrected chi connectivity index (χ0v) is 18.1. The summed E-state index contributed by atoms with van der Waals surface area (Å²) in [6.07, 6.45) is 1.89. The first kappa shape index (κ1) is 21.2. The average molecular weight is 424 g/mol. The lowest BCUT2D eigenvalue weighted by Gasteiger charge is -2.32. The van der Waals surface area contributed by atoms with E-state index in [4.69, 9.17) is 9.47 Å². The Balaban J connectivity index is 1.39. The predicted octanol–water partition coefficient (Wildman–Crippen LogP) is 3.33. The Morgan fingerprint density at radius 3 is 2.52 bits per heavy atom. The van der Waals surface area contributed by atoms with Crippen LogP contribution in [0.4, 0.5) is 10.5 Å². The lowest BCUT2D eigenvalue weighted by Crippen LogP contribution is -2.38. The average Bonchev–Trinajstić information content (AvgIpc) is 3.24. The molecule has 7 heteroatoms. The van der Waals surface area contributed by atoms with E-state index in [-0.39, 0.29) is 17.7 Å². The molecule has 0 unspecified atom stereocenters. The fourth-order valence-corrected chi connectivity index (χ4v) is 4.40. The first-order valence-corrected chi connectivity index (χ1v) is 10.7. The van der Waals surface area contributed by atoms with E-state index in [2.05, 4.69) is 22.3 Å². The predicted molar refractivity (Wildman–Crippen MR) is 119 cm³/mol. The van der Waals surface area contributed by atoms with E-state index in [1.165, 1.54) is 5.56 Å². The summed E-state index contributed by atoms with van der Waals surface area (Å²) in [5.41, 5.74) is 2.76. The van der Waals surface area contributed by atoms with Crippen LogP contribution in [-0.4, -0.2) is 57.1 Å². The first-order valence-electron chi connectivity index (χ1n) is 10.7. The molecule has 2 amide bonds. The minimum absolute atomic E-state index is 0.0283. The van der Waals surface area contributed by atoms with Crippen molar-refractivity contribution < 1.29 is 19.1 Å². The first-order chi connectivity index (χ1) is 15.1. The van der Waals surface area contributed by atoms with Crippen LogP contribution in [0, 0.1) is 5.92 Å². The lowest BCUT2D eigenvalue weighted by atomic mass is 9.89. The van der Waals surface area contributed by atoms with Crippen LogP contribution in [0.5, 0.6) is 11.5 Å². The maximum Gasteiger partial charge on any atom is 0.321 e. The van der Waals surface area contributed by atoms with Gasteiger partial charge in [0.1, 0.15) is 0 Å². The van der Waals surface area contributed by atoms with Gasteiger partial charge in [-0.1, -0.05) is 12.1 Å². The van der Waals surface area contributed by atoms with Gasteiger partial charge in [0.15, 0.2) is 17.3 Å². The van der Waals surface area contributed by atoms with Crippen LogP contribution in [0.1, 0.15) is 28.8 Å². The summed E-state index contributed by atoms with van der Waals surface area (Å²) in [6.45, 7) is 3.89. The van der Waals surface area contributed by atoms with E-state index in [1.54, 1.807) is 31.3 Å². The van der Waals surface area contributed by atoms with Gasteiger partial charge in [-0.25, -0.2) is 4.79 Å². The van der Waals surface area contributed by atoms with Crippen LogP contribution in [0.15, 0.2) is 42.5 Å². The van der Waals surface area contributed by atoms with Crippen LogP contribution in [0.2, 0.25) is 0 Å². The van der Waals surface area contributed by atoms with Crippen molar-refractivity contribution in [1.29, 1.82) is 0 Å². The molecule has 4 rings (SSSR count). The summed E-state index contributed by atoms with van der Waals surface area (Å²) in [6, 6.07) is 13.5. The molecule has 7 nitrogen and oxygen atoms in total. The Hall–Kier alpha value is -3.06. The number of rotatable bonds is 7. The van der Waals surface area contributed by atoms with Crippen molar-refractivity contribution in [3.8, 4) is 11.5 Å². The topological polar surface area (TPSA) is 71.1 Å². The molecule has 2 aliphatic rings. The Morgan fingerprint density at radius 2 is 1.84 bits per heavy atom. The molecule has 1 N–H and O–H groups in total. The molecule has 1 atom stereocenters. The van der Waals surface area contributed by atoms with Crippen molar-refractivity contribution in [2.75, 3.05) is 45.3 Å². The number of urea groups is 1. The summed E-state index contributed by atoms with van der Waals surface area (Å²) < 4.78 is 10.6. The van der Waals surface area contributed by atoms with Gasteiger partial charge in [-0.05, 0) is 55.3 Å². The van der Waals surface area contributed by atoms with Crippen molar-refractivity contribution in [3.63, 3.8) is 0 Å². The number of piperidine rings is 1. The Bertz CT molecular complexity index is 944. The van der Waals surface area contributed by atoms with Crippen molar-refractivity contribution in [1.82, 2.24) is 10.2 Å². The quantitative estimate of drug-likeness (QED) is 0.692. The largest absolute Gasteiger partial charge is 0.493 e. The summed E-state index contributed by atoms with van der Waals surface area (Å²) in [7, 11) is 3.17. The van der Waals surface area contributed by atoms with Crippen LogP contribution in [0.3, 0.4) is 0 Å². The molecule has 0 radical (unpaired) electrons. The molecule has 0 bridgehead atoms. The van der Waals surface area contributed by atoms with Crippen LogP contribution in [0.25, 0.3) is 0 Å². The maximum atomic E-state index is 13.1. The van der Waals surface area contributed by atoms with Crippen LogP contribution >= 0.6 is 0 Å². The monoisotopic (exact) mass is 423 g/mol. The van der Waals surface area contributed by atoms with E-state index in [1.807, 2.05) is 18.2 Å². The van der Waals surface area contributed by atoms with Gasteiger partial charge in [-0.2, -0.15) is 0 Å². The number of amides is 2. The summed E-state index contributed by atoms with van der Waals surface area (Å²) in [4.78, 5) is 29.0. The zero-order valence-electron chi connectivity index (χ0n) is 18.1. The smallest absolute Gasteiger partial charge is 0.321 e. The fraction of sp³-hybridized carbons (Fsp3) is 0.417. The minimum atomic E-state index is -0.0414. The highest BCUT2D eigenvalue weighted by atomic mass is 16.5. The number of nitrogens with one attached hydrogen (secondary N) is 1. The number of nitrogens with zero attached hydrogens (tertiary/aromatic N) is 2. The highest BCUT2D eigenvalue weighted by Crippen LogP contribution is 2.30. The Morgan fingerprint density at radius 1 is 1.06 bits per heavy atom. The molecule has 0 aromatic heterocycles. The van der Waals surface area contributed by atoms with Crippen molar-refractivity contribution >= 4 is 17.5 Å². The van der Waals surface area contributed by atoms with E-state index in [0.29, 0.717) is 30.2 Å². The van der Waals surface area contributed by atoms with Gasteiger partial charge in [0.05, 0.1) is 14.2 Å². The van der Waals surface area contributed by atoms with Crippen molar-refractivity contribution in [2.24, 2.45) is 5.92 Å². The number of methoxy groups -OCH3 is 2. The highest BCUT2D eigenvalue weighted by Gasteiger charge is 2.27. The molecule has 2 fully saturated rings. The van der Waals surface area contributed by atoms with Crippen LogP contribution in [-0.2, 0) is 6.54 Å².